The van der Waals surface area contributed by atoms with Crippen LogP contribution in [0.2, 0.25) is 5.02 Å². The Morgan fingerprint density at radius 1 is 1.05 bits per heavy atom. The number of piperidine rings is 1. The molecule has 3 aliphatic heterocycles. The SMILES string of the molecule is O=C(OCc1cc(Cl)cc(C(F)(F)F)c1)N1CCCn2nc(C(=O)N3CCC4(CCNCC4)C3)cc2C1. The highest BCUT2D eigenvalue weighted by atomic mass is 35.5. The van der Waals surface area contributed by atoms with E-state index in [0.29, 0.717) is 25.2 Å². The average Bonchev–Trinajstić information content (AvgIpc) is 3.39. The number of benzene rings is 1. The summed E-state index contributed by atoms with van der Waals surface area (Å²) < 4.78 is 46.3. The summed E-state index contributed by atoms with van der Waals surface area (Å²) in [6, 6.07) is 4.82. The highest BCUT2D eigenvalue weighted by molar-refractivity contribution is 6.30. The molecule has 1 spiro atoms. The van der Waals surface area contributed by atoms with E-state index >= 15 is 0 Å². The highest BCUT2D eigenvalue weighted by Gasteiger charge is 2.41. The molecule has 2 aromatic rings. The van der Waals surface area contributed by atoms with Crippen LogP contribution in [-0.4, -0.2) is 64.3 Å². The van der Waals surface area contributed by atoms with Crippen LogP contribution < -0.4 is 5.32 Å². The Kier molecular flexibility index (Phi) is 7.10. The van der Waals surface area contributed by atoms with E-state index in [1.807, 2.05) is 4.90 Å². The number of ether oxygens (including phenoxy) is 1. The van der Waals surface area contributed by atoms with E-state index in [9.17, 15) is 22.8 Å². The first-order chi connectivity index (χ1) is 17.6. The maximum absolute atomic E-state index is 13.2. The van der Waals surface area contributed by atoms with Gasteiger partial charge in [-0.1, -0.05) is 11.6 Å². The van der Waals surface area contributed by atoms with Gasteiger partial charge in [0.15, 0.2) is 5.69 Å². The number of carbonyl (C=O) groups excluding carboxylic acids is 2. The standard InChI is InChI=1S/C25H29ClF3N5O3/c26-19-11-17(10-18(12-19)25(27,28)29)15-37-23(36)32-7-1-8-34-20(14-32)13-21(31-34)22(35)33-9-4-24(16-33)2-5-30-6-3-24/h10-13,30H,1-9,14-16H2. The van der Waals surface area contributed by atoms with Crippen LogP contribution in [0.15, 0.2) is 24.3 Å². The van der Waals surface area contributed by atoms with Crippen LogP contribution in [0.3, 0.4) is 0 Å². The van der Waals surface area contributed by atoms with Gasteiger partial charge < -0.3 is 19.9 Å². The number of rotatable bonds is 3. The van der Waals surface area contributed by atoms with Gasteiger partial charge in [0.25, 0.3) is 5.91 Å². The Balaban J connectivity index is 1.22. The lowest BCUT2D eigenvalue weighted by Gasteiger charge is -2.33. The molecule has 0 saturated carbocycles. The molecule has 3 aliphatic rings. The van der Waals surface area contributed by atoms with Crippen molar-refractivity contribution in [2.45, 2.75) is 51.6 Å². The van der Waals surface area contributed by atoms with E-state index in [0.717, 1.165) is 63.3 Å². The molecule has 0 unspecified atom stereocenters. The molecule has 1 aromatic heterocycles. The van der Waals surface area contributed by atoms with E-state index in [2.05, 4.69) is 10.4 Å². The lowest BCUT2D eigenvalue weighted by atomic mass is 9.78. The van der Waals surface area contributed by atoms with Crippen LogP contribution in [0.25, 0.3) is 0 Å². The number of amides is 2. The Labute approximate surface area is 217 Å². The number of carbonyl (C=O) groups is 2. The molecule has 37 heavy (non-hydrogen) atoms. The lowest BCUT2D eigenvalue weighted by molar-refractivity contribution is -0.137. The largest absolute Gasteiger partial charge is 0.445 e. The van der Waals surface area contributed by atoms with Crippen molar-refractivity contribution < 1.29 is 27.5 Å². The van der Waals surface area contributed by atoms with E-state index in [1.165, 1.54) is 11.0 Å². The molecule has 1 N–H and O–H groups in total. The summed E-state index contributed by atoms with van der Waals surface area (Å²) in [4.78, 5) is 29.3. The molecule has 0 aliphatic carbocycles. The first-order valence-electron chi connectivity index (χ1n) is 12.5. The quantitative estimate of drug-likeness (QED) is 0.629. The minimum absolute atomic E-state index is 0.0826. The minimum atomic E-state index is -4.55. The fourth-order valence-electron chi connectivity index (χ4n) is 5.49. The number of hydrogen-bond donors (Lipinski definition) is 1. The highest BCUT2D eigenvalue weighted by Crippen LogP contribution is 2.39. The van der Waals surface area contributed by atoms with Crippen LogP contribution in [0.1, 0.15) is 53.0 Å². The van der Waals surface area contributed by atoms with Gasteiger partial charge in [-0.15, -0.1) is 0 Å². The van der Waals surface area contributed by atoms with Crippen molar-refractivity contribution in [3.05, 3.63) is 51.8 Å². The smallest absolute Gasteiger partial charge is 0.416 e. The van der Waals surface area contributed by atoms with Gasteiger partial charge in [-0.3, -0.25) is 9.48 Å². The molecular weight excluding hydrogens is 511 g/mol. The van der Waals surface area contributed by atoms with Gasteiger partial charge in [0, 0.05) is 31.2 Å². The Morgan fingerprint density at radius 3 is 2.59 bits per heavy atom. The summed E-state index contributed by atoms with van der Waals surface area (Å²) in [6.07, 6.45) is -1.45. The van der Waals surface area contributed by atoms with E-state index in [1.54, 1.807) is 10.7 Å². The predicted octanol–water partition coefficient (Wildman–Crippen LogP) is 4.31. The van der Waals surface area contributed by atoms with Gasteiger partial charge in [0.2, 0.25) is 0 Å². The fraction of sp³-hybridized carbons (Fsp3) is 0.560. The topological polar surface area (TPSA) is 79.7 Å². The maximum atomic E-state index is 13.2. The van der Waals surface area contributed by atoms with Crippen molar-refractivity contribution in [1.29, 1.82) is 0 Å². The van der Waals surface area contributed by atoms with Crippen LogP contribution >= 0.6 is 11.6 Å². The Morgan fingerprint density at radius 2 is 1.84 bits per heavy atom. The number of likely N-dealkylation sites (tertiary alicyclic amines) is 1. The molecule has 0 atom stereocenters. The summed E-state index contributed by atoms with van der Waals surface area (Å²) in [7, 11) is 0. The zero-order valence-corrected chi connectivity index (χ0v) is 21.1. The molecule has 0 radical (unpaired) electrons. The molecule has 1 aromatic carbocycles. The van der Waals surface area contributed by atoms with Crippen molar-refractivity contribution in [2.75, 3.05) is 32.7 Å². The molecule has 2 fully saturated rings. The Bertz CT molecular complexity index is 1180. The molecular formula is C25H29ClF3N5O3. The van der Waals surface area contributed by atoms with Gasteiger partial charge in [-0.25, -0.2) is 4.79 Å². The number of aryl methyl sites for hydroxylation is 1. The number of nitrogens with zero attached hydrogens (tertiary/aromatic N) is 4. The number of halogens is 4. The second-order valence-corrected chi connectivity index (χ2v) is 10.6. The zero-order valence-electron chi connectivity index (χ0n) is 20.3. The molecule has 8 nitrogen and oxygen atoms in total. The normalized spacial score (nSPS) is 19.6. The second kappa shape index (κ2) is 10.2. The molecule has 5 rings (SSSR count). The van der Waals surface area contributed by atoms with Gasteiger partial charge in [0.1, 0.15) is 6.61 Å². The van der Waals surface area contributed by atoms with Crippen LogP contribution in [0, 0.1) is 5.41 Å². The zero-order chi connectivity index (χ0) is 26.2. The first-order valence-corrected chi connectivity index (χ1v) is 12.8. The number of hydrogen-bond acceptors (Lipinski definition) is 5. The second-order valence-electron chi connectivity index (χ2n) is 10.1. The van der Waals surface area contributed by atoms with Crippen molar-refractivity contribution in [2.24, 2.45) is 5.41 Å². The lowest BCUT2D eigenvalue weighted by Crippen LogP contribution is -2.39. The van der Waals surface area contributed by atoms with E-state index in [4.69, 9.17) is 16.3 Å². The average molecular weight is 540 g/mol. The third kappa shape index (κ3) is 5.72. The van der Waals surface area contributed by atoms with E-state index in [-0.39, 0.29) is 35.1 Å². The van der Waals surface area contributed by atoms with Crippen molar-refractivity contribution in [1.82, 2.24) is 24.9 Å². The van der Waals surface area contributed by atoms with Gasteiger partial charge in [-0.2, -0.15) is 18.3 Å². The summed E-state index contributed by atoms with van der Waals surface area (Å²) in [5.41, 5.74) is 0.539. The van der Waals surface area contributed by atoms with Gasteiger partial charge >= 0.3 is 12.3 Å². The van der Waals surface area contributed by atoms with Crippen LogP contribution in [0.4, 0.5) is 18.0 Å². The Hall–Kier alpha value is -2.79. The van der Waals surface area contributed by atoms with Gasteiger partial charge in [0.05, 0.1) is 17.8 Å². The molecule has 200 valence electrons. The predicted molar refractivity (Wildman–Crippen MR) is 129 cm³/mol. The van der Waals surface area contributed by atoms with Crippen molar-refractivity contribution >= 4 is 23.6 Å². The third-order valence-corrected chi connectivity index (χ3v) is 7.75. The molecule has 2 amide bonds. The fourth-order valence-corrected chi connectivity index (χ4v) is 5.75. The molecule has 0 bridgehead atoms. The van der Waals surface area contributed by atoms with E-state index < -0.39 is 17.8 Å². The number of nitrogens with one attached hydrogen (secondary N) is 1. The van der Waals surface area contributed by atoms with Gasteiger partial charge in [-0.05, 0) is 74.0 Å². The van der Waals surface area contributed by atoms with Crippen molar-refractivity contribution in [3.8, 4) is 0 Å². The maximum Gasteiger partial charge on any atom is 0.416 e. The summed E-state index contributed by atoms with van der Waals surface area (Å²) in [5, 5.41) is 7.83. The van der Waals surface area contributed by atoms with Crippen LogP contribution in [-0.2, 0) is 30.6 Å². The first kappa shape index (κ1) is 25.8. The molecule has 12 heteroatoms. The number of aromatic nitrogens is 2. The summed E-state index contributed by atoms with van der Waals surface area (Å²) in [5.74, 6) is -0.0912. The monoisotopic (exact) mass is 539 g/mol. The third-order valence-electron chi connectivity index (χ3n) is 7.53. The molecule has 4 heterocycles. The summed E-state index contributed by atoms with van der Waals surface area (Å²) in [6.45, 7) is 4.23. The minimum Gasteiger partial charge on any atom is -0.445 e. The number of alkyl halides is 3. The molecule has 2 saturated heterocycles. The summed E-state index contributed by atoms with van der Waals surface area (Å²) >= 11 is 5.82. The van der Waals surface area contributed by atoms with Crippen molar-refractivity contribution in [3.63, 3.8) is 0 Å². The van der Waals surface area contributed by atoms with Crippen LogP contribution in [0.5, 0.6) is 0 Å². The number of fused-ring (bicyclic) bond motifs is 1.